The van der Waals surface area contributed by atoms with Crippen molar-refractivity contribution in [3.8, 4) is 0 Å². The highest BCUT2D eigenvalue weighted by Crippen LogP contribution is 2.43. The van der Waals surface area contributed by atoms with Gasteiger partial charge in [0.2, 0.25) is 5.78 Å². The number of fused-ring (bicyclic) bond motifs is 1. The lowest BCUT2D eigenvalue weighted by atomic mass is 9.99. The number of Topliss-reactive ketones (excluding diaryl/α,β-unsaturated/α-hetero) is 1. The maximum atomic E-state index is 13.7. The van der Waals surface area contributed by atoms with E-state index in [2.05, 4.69) is 32.8 Å². The molecule has 1 saturated heterocycles. The standard InChI is InChI=1S/C28H24BrN3O5/c1-30-10-12-31(13-11-30)19-5-7-20(8-6-19)32-25(22-3-2-14-36-22)24(27(34)28(32)35)26(33)23-16-17-15-18(29)4-9-21(17)37-23/h2-9,14-16,25,34H,10-13H2,1H3. The van der Waals surface area contributed by atoms with E-state index in [0.29, 0.717) is 17.0 Å². The van der Waals surface area contributed by atoms with Crippen molar-refractivity contribution in [2.24, 2.45) is 0 Å². The highest BCUT2D eigenvalue weighted by atomic mass is 79.9. The number of halogens is 1. The molecule has 1 unspecified atom stereocenters. The van der Waals surface area contributed by atoms with Gasteiger partial charge in [0.1, 0.15) is 17.4 Å². The zero-order valence-corrected chi connectivity index (χ0v) is 21.6. The monoisotopic (exact) mass is 561 g/mol. The van der Waals surface area contributed by atoms with Gasteiger partial charge in [0, 0.05) is 47.4 Å². The van der Waals surface area contributed by atoms with E-state index in [1.807, 2.05) is 36.4 Å². The van der Waals surface area contributed by atoms with Crippen LogP contribution >= 0.6 is 15.9 Å². The summed E-state index contributed by atoms with van der Waals surface area (Å²) in [5, 5.41) is 11.7. The molecular formula is C28H24BrN3O5. The molecule has 4 heterocycles. The normalized spacial score (nSPS) is 18.9. The summed E-state index contributed by atoms with van der Waals surface area (Å²) in [6.45, 7) is 3.80. The molecule has 0 spiro atoms. The van der Waals surface area contributed by atoms with Crippen molar-refractivity contribution in [2.45, 2.75) is 6.04 Å². The summed E-state index contributed by atoms with van der Waals surface area (Å²) in [4.78, 5) is 33.0. The highest BCUT2D eigenvalue weighted by molar-refractivity contribution is 9.10. The van der Waals surface area contributed by atoms with Crippen LogP contribution < -0.4 is 9.80 Å². The van der Waals surface area contributed by atoms with Crippen LogP contribution in [0.4, 0.5) is 11.4 Å². The lowest BCUT2D eigenvalue weighted by Gasteiger charge is -2.34. The molecule has 1 N–H and O–H groups in total. The molecular weight excluding hydrogens is 538 g/mol. The Morgan fingerprint density at radius 2 is 1.73 bits per heavy atom. The third-order valence-corrected chi connectivity index (χ3v) is 7.46. The van der Waals surface area contributed by atoms with Gasteiger partial charge in [0.25, 0.3) is 5.91 Å². The fourth-order valence-electron chi connectivity index (χ4n) is 4.97. The second-order valence-electron chi connectivity index (χ2n) is 9.28. The van der Waals surface area contributed by atoms with Gasteiger partial charge in [-0.2, -0.15) is 0 Å². The summed E-state index contributed by atoms with van der Waals surface area (Å²) in [7, 11) is 2.11. The summed E-state index contributed by atoms with van der Waals surface area (Å²) < 4.78 is 12.3. The number of aliphatic hydroxyl groups is 1. The van der Waals surface area contributed by atoms with Crippen LogP contribution in [-0.4, -0.2) is 54.9 Å². The van der Waals surface area contributed by atoms with Crippen LogP contribution in [0.5, 0.6) is 0 Å². The molecule has 2 aliphatic heterocycles. The molecule has 1 atom stereocenters. The second-order valence-corrected chi connectivity index (χ2v) is 10.2. The van der Waals surface area contributed by atoms with Crippen molar-refractivity contribution in [3.63, 3.8) is 0 Å². The first-order valence-electron chi connectivity index (χ1n) is 12.0. The molecule has 2 aliphatic rings. The number of aliphatic hydroxyl groups excluding tert-OH is 1. The summed E-state index contributed by atoms with van der Waals surface area (Å²) >= 11 is 3.42. The topological polar surface area (TPSA) is 90.4 Å². The average Bonchev–Trinajstić information content (AvgIpc) is 3.63. The van der Waals surface area contributed by atoms with Crippen molar-refractivity contribution >= 4 is 50.0 Å². The Bertz CT molecular complexity index is 1520. The van der Waals surface area contributed by atoms with Crippen molar-refractivity contribution in [1.82, 2.24) is 4.90 Å². The fraction of sp³-hybridized carbons (Fsp3) is 0.214. The number of piperazine rings is 1. The number of likely N-dealkylation sites (N-methyl/N-ethyl adjacent to an activating group) is 1. The van der Waals surface area contributed by atoms with E-state index in [0.717, 1.165) is 41.7 Å². The van der Waals surface area contributed by atoms with E-state index >= 15 is 0 Å². The largest absolute Gasteiger partial charge is 0.503 e. The van der Waals surface area contributed by atoms with Crippen LogP contribution in [0, 0.1) is 0 Å². The summed E-state index contributed by atoms with van der Waals surface area (Å²) in [5.41, 5.74) is 2.05. The molecule has 0 radical (unpaired) electrons. The number of amides is 1. The minimum atomic E-state index is -0.940. The third-order valence-electron chi connectivity index (χ3n) is 6.96. The second kappa shape index (κ2) is 9.24. The molecule has 0 saturated carbocycles. The average molecular weight is 562 g/mol. The van der Waals surface area contributed by atoms with Gasteiger partial charge in [-0.3, -0.25) is 14.5 Å². The van der Waals surface area contributed by atoms with Gasteiger partial charge in [-0.25, -0.2) is 0 Å². The van der Waals surface area contributed by atoms with E-state index in [1.165, 1.54) is 11.2 Å². The number of furan rings is 2. The number of anilines is 2. The van der Waals surface area contributed by atoms with Gasteiger partial charge in [-0.05, 0) is 67.7 Å². The first-order chi connectivity index (χ1) is 17.9. The predicted molar refractivity (Wildman–Crippen MR) is 143 cm³/mol. The quantitative estimate of drug-likeness (QED) is 0.329. The van der Waals surface area contributed by atoms with Crippen molar-refractivity contribution in [3.05, 3.63) is 94.3 Å². The van der Waals surface area contributed by atoms with Crippen molar-refractivity contribution < 1.29 is 23.5 Å². The smallest absolute Gasteiger partial charge is 0.294 e. The van der Waals surface area contributed by atoms with Crippen LogP contribution in [0.15, 0.2) is 91.6 Å². The lowest BCUT2D eigenvalue weighted by molar-refractivity contribution is -0.117. The minimum Gasteiger partial charge on any atom is -0.503 e. The van der Waals surface area contributed by atoms with Crippen molar-refractivity contribution in [1.29, 1.82) is 0 Å². The Balaban J connectivity index is 1.36. The molecule has 2 aromatic heterocycles. The van der Waals surface area contributed by atoms with Gasteiger partial charge in [0.15, 0.2) is 11.5 Å². The van der Waals surface area contributed by atoms with Crippen LogP contribution in [0.3, 0.4) is 0 Å². The molecule has 188 valence electrons. The minimum absolute atomic E-state index is 0.0336. The maximum Gasteiger partial charge on any atom is 0.294 e. The van der Waals surface area contributed by atoms with Crippen LogP contribution in [-0.2, 0) is 4.79 Å². The van der Waals surface area contributed by atoms with E-state index in [-0.39, 0.29) is 11.3 Å². The first kappa shape index (κ1) is 23.6. The van der Waals surface area contributed by atoms with Crippen molar-refractivity contribution in [2.75, 3.05) is 43.0 Å². The maximum absolute atomic E-state index is 13.7. The number of rotatable bonds is 5. The number of carbonyl (C=O) groups excluding carboxylic acids is 2. The van der Waals surface area contributed by atoms with Crippen LogP contribution in [0.2, 0.25) is 0 Å². The van der Waals surface area contributed by atoms with Crippen LogP contribution in [0.25, 0.3) is 11.0 Å². The van der Waals surface area contributed by atoms with Gasteiger partial charge >= 0.3 is 0 Å². The van der Waals surface area contributed by atoms with Gasteiger partial charge < -0.3 is 23.7 Å². The molecule has 6 rings (SSSR count). The SMILES string of the molecule is CN1CCN(c2ccc(N3C(=O)C(O)=C(C(=O)c4cc5cc(Br)ccc5o4)C3c3ccco3)cc2)CC1. The van der Waals surface area contributed by atoms with E-state index in [4.69, 9.17) is 8.83 Å². The Kier molecular flexibility index (Phi) is 5.89. The van der Waals surface area contributed by atoms with Gasteiger partial charge in [0.05, 0.1) is 11.8 Å². The zero-order chi connectivity index (χ0) is 25.7. The molecule has 8 nitrogen and oxygen atoms in total. The predicted octanol–water partition coefficient (Wildman–Crippen LogP) is 5.32. The number of nitrogens with zero attached hydrogens (tertiary/aromatic N) is 3. The third kappa shape index (κ3) is 4.14. The molecule has 0 aliphatic carbocycles. The molecule has 1 amide bonds. The van der Waals surface area contributed by atoms with E-state index < -0.39 is 23.5 Å². The number of ketones is 1. The van der Waals surface area contributed by atoms with Crippen LogP contribution in [0.1, 0.15) is 22.4 Å². The summed E-state index contributed by atoms with van der Waals surface area (Å²) in [6, 6.07) is 17.0. The molecule has 9 heteroatoms. The molecule has 1 fully saturated rings. The highest BCUT2D eigenvalue weighted by Gasteiger charge is 2.46. The molecule has 4 aromatic rings. The van der Waals surface area contributed by atoms with E-state index in [9.17, 15) is 14.7 Å². The lowest BCUT2D eigenvalue weighted by Crippen LogP contribution is -2.44. The fourth-order valence-corrected chi connectivity index (χ4v) is 5.35. The number of hydrogen-bond donors (Lipinski definition) is 1. The summed E-state index contributed by atoms with van der Waals surface area (Å²) in [5.74, 6) is -1.46. The number of hydrogen-bond acceptors (Lipinski definition) is 7. The van der Waals surface area contributed by atoms with E-state index in [1.54, 1.807) is 24.3 Å². The van der Waals surface area contributed by atoms with Gasteiger partial charge in [-0.1, -0.05) is 15.9 Å². The molecule has 2 aromatic carbocycles. The molecule has 37 heavy (non-hydrogen) atoms. The molecule has 0 bridgehead atoms. The Hall–Kier alpha value is -3.82. The number of carbonyl (C=O) groups is 2. The Labute approximate surface area is 221 Å². The zero-order valence-electron chi connectivity index (χ0n) is 20.1. The first-order valence-corrected chi connectivity index (χ1v) is 12.8. The van der Waals surface area contributed by atoms with Gasteiger partial charge in [-0.15, -0.1) is 0 Å². The number of benzene rings is 2. The summed E-state index contributed by atoms with van der Waals surface area (Å²) in [6.07, 6.45) is 1.48. The Morgan fingerprint density at radius 1 is 1.00 bits per heavy atom. The Morgan fingerprint density at radius 3 is 2.43 bits per heavy atom.